The molecule has 0 atom stereocenters. The van der Waals surface area contributed by atoms with E-state index >= 15 is 0 Å². The second kappa shape index (κ2) is 27.4. The second-order valence-electron chi connectivity index (χ2n) is 14.1. The molecule has 0 heterocycles. The highest BCUT2D eigenvalue weighted by Gasteiger charge is 2.08. The van der Waals surface area contributed by atoms with Gasteiger partial charge in [0.25, 0.3) is 0 Å². The monoisotopic (exact) mass is 619 g/mol. The maximum Gasteiger partial charge on any atom is 0.127 e. The van der Waals surface area contributed by atoms with Crippen LogP contribution >= 0.6 is 0 Å². The van der Waals surface area contributed by atoms with Crippen molar-refractivity contribution in [3.63, 3.8) is 0 Å². The molecule has 0 radical (unpaired) electrons. The van der Waals surface area contributed by atoms with Crippen molar-refractivity contribution < 1.29 is 4.74 Å². The van der Waals surface area contributed by atoms with Crippen molar-refractivity contribution in [2.24, 2.45) is 0 Å². The molecule has 2 rings (SSSR count). The third-order valence-electron chi connectivity index (χ3n) is 9.56. The quantitative estimate of drug-likeness (QED) is 0.0791. The molecule has 0 saturated heterocycles. The predicted octanol–water partition coefficient (Wildman–Crippen LogP) is 15.1. The molecule has 0 saturated carbocycles. The number of hydrogen-bond donors (Lipinski definition) is 0. The van der Waals surface area contributed by atoms with Gasteiger partial charge in [-0.05, 0) is 97.9 Å². The number of benzene rings is 2. The molecular formula is C44H74O. The summed E-state index contributed by atoms with van der Waals surface area (Å²) in [7, 11) is 0. The van der Waals surface area contributed by atoms with E-state index in [-0.39, 0.29) is 0 Å². The standard InChI is InChI=1S/C44H74O/c1-5-9-13-17-21-25-29-39-33-40(30-26-22-18-14-10-6-2)36-43(35-39)45-44-37-41(31-27-23-19-15-11-7-3)34-42(38-44)32-28-24-20-16-12-8-4/h33-38H,5-32H2,1-4H3. The first-order valence-corrected chi connectivity index (χ1v) is 20.1. The summed E-state index contributed by atoms with van der Waals surface area (Å²) in [5, 5.41) is 0. The molecule has 1 nitrogen and oxygen atoms in total. The first-order chi connectivity index (χ1) is 22.2. The lowest BCUT2D eigenvalue weighted by molar-refractivity contribution is 0.478. The molecule has 0 aliphatic carbocycles. The van der Waals surface area contributed by atoms with Gasteiger partial charge in [0.2, 0.25) is 0 Å². The van der Waals surface area contributed by atoms with Gasteiger partial charge >= 0.3 is 0 Å². The third kappa shape index (κ3) is 20.2. The van der Waals surface area contributed by atoms with Crippen molar-refractivity contribution in [2.75, 3.05) is 0 Å². The Labute approximate surface area is 281 Å². The minimum absolute atomic E-state index is 1.06. The smallest absolute Gasteiger partial charge is 0.127 e. The van der Waals surface area contributed by atoms with Crippen molar-refractivity contribution in [1.29, 1.82) is 0 Å². The summed E-state index contributed by atoms with van der Waals surface area (Å²) in [4.78, 5) is 0. The number of hydrogen-bond acceptors (Lipinski definition) is 1. The van der Waals surface area contributed by atoms with Crippen LogP contribution in [0.3, 0.4) is 0 Å². The van der Waals surface area contributed by atoms with Crippen molar-refractivity contribution in [1.82, 2.24) is 0 Å². The zero-order valence-corrected chi connectivity index (χ0v) is 30.7. The van der Waals surface area contributed by atoms with Crippen LogP contribution in [0.25, 0.3) is 0 Å². The summed E-state index contributed by atoms with van der Waals surface area (Å²) < 4.78 is 6.78. The fraction of sp³-hybridized carbons (Fsp3) is 0.727. The van der Waals surface area contributed by atoms with E-state index in [0.717, 1.165) is 11.5 Å². The summed E-state index contributed by atoms with van der Waals surface area (Å²) in [6.07, 6.45) is 37.1. The van der Waals surface area contributed by atoms with Gasteiger partial charge in [-0.2, -0.15) is 0 Å². The van der Waals surface area contributed by atoms with Gasteiger partial charge in [-0.1, -0.05) is 168 Å². The van der Waals surface area contributed by atoms with Crippen LogP contribution in [-0.2, 0) is 25.7 Å². The third-order valence-corrected chi connectivity index (χ3v) is 9.56. The minimum Gasteiger partial charge on any atom is -0.457 e. The summed E-state index contributed by atoms with van der Waals surface area (Å²) in [5.41, 5.74) is 5.89. The summed E-state index contributed by atoms with van der Waals surface area (Å²) in [5.74, 6) is 2.11. The molecular weight excluding hydrogens is 544 g/mol. The SMILES string of the molecule is CCCCCCCCc1cc(CCCCCCCC)cc(Oc2cc(CCCCCCCC)cc(CCCCCCCC)c2)c1. The molecule has 2 aromatic rings. The van der Waals surface area contributed by atoms with Crippen molar-refractivity contribution in [3.8, 4) is 11.5 Å². The van der Waals surface area contributed by atoms with Crippen molar-refractivity contribution >= 4 is 0 Å². The maximum atomic E-state index is 6.78. The van der Waals surface area contributed by atoms with Crippen LogP contribution in [0.4, 0.5) is 0 Å². The van der Waals surface area contributed by atoms with E-state index in [1.807, 2.05) is 0 Å². The molecule has 0 N–H and O–H groups in total. The van der Waals surface area contributed by atoms with Gasteiger partial charge in [-0.15, -0.1) is 0 Å². The number of ether oxygens (including phenoxy) is 1. The largest absolute Gasteiger partial charge is 0.457 e. The van der Waals surface area contributed by atoms with Gasteiger partial charge in [-0.25, -0.2) is 0 Å². The van der Waals surface area contributed by atoms with E-state index in [1.54, 1.807) is 0 Å². The Kier molecular flexibility index (Phi) is 24.0. The first kappa shape index (κ1) is 39.4. The molecule has 1 heteroatoms. The van der Waals surface area contributed by atoms with Crippen LogP contribution in [0.15, 0.2) is 36.4 Å². The molecule has 2 aromatic carbocycles. The van der Waals surface area contributed by atoms with Gasteiger partial charge in [0.15, 0.2) is 0 Å². The van der Waals surface area contributed by atoms with Crippen molar-refractivity contribution in [2.45, 2.75) is 207 Å². The van der Waals surface area contributed by atoms with Gasteiger partial charge in [0.05, 0.1) is 0 Å². The highest BCUT2D eigenvalue weighted by atomic mass is 16.5. The Morgan fingerprint density at radius 3 is 0.756 bits per heavy atom. The van der Waals surface area contributed by atoms with Crippen LogP contribution in [0.5, 0.6) is 11.5 Å². The Morgan fingerprint density at radius 1 is 0.289 bits per heavy atom. The van der Waals surface area contributed by atoms with Gasteiger partial charge < -0.3 is 4.74 Å². The average molecular weight is 619 g/mol. The van der Waals surface area contributed by atoms with Crippen LogP contribution < -0.4 is 4.74 Å². The highest BCUT2D eigenvalue weighted by molar-refractivity contribution is 5.41. The maximum absolute atomic E-state index is 6.78. The van der Waals surface area contributed by atoms with E-state index in [0.29, 0.717) is 0 Å². The lowest BCUT2D eigenvalue weighted by Crippen LogP contribution is -1.97. The van der Waals surface area contributed by atoms with E-state index in [2.05, 4.69) is 64.1 Å². The summed E-state index contributed by atoms with van der Waals surface area (Å²) >= 11 is 0. The highest BCUT2D eigenvalue weighted by Crippen LogP contribution is 2.29. The van der Waals surface area contributed by atoms with Crippen molar-refractivity contribution in [3.05, 3.63) is 58.7 Å². The Hall–Kier alpha value is -1.76. The Morgan fingerprint density at radius 2 is 0.511 bits per heavy atom. The topological polar surface area (TPSA) is 9.23 Å². The minimum atomic E-state index is 1.06. The zero-order valence-electron chi connectivity index (χ0n) is 30.7. The molecule has 0 aromatic heterocycles. The fourth-order valence-electron chi connectivity index (χ4n) is 6.73. The number of rotatable bonds is 30. The predicted molar refractivity (Wildman–Crippen MR) is 201 cm³/mol. The van der Waals surface area contributed by atoms with Crippen LogP contribution in [0.1, 0.15) is 204 Å². The molecule has 45 heavy (non-hydrogen) atoms. The fourth-order valence-corrected chi connectivity index (χ4v) is 6.73. The number of unbranched alkanes of at least 4 members (excludes halogenated alkanes) is 20. The van der Waals surface area contributed by atoms with Crippen LogP contribution in [-0.4, -0.2) is 0 Å². The van der Waals surface area contributed by atoms with E-state index in [1.165, 1.54) is 202 Å². The Balaban J connectivity index is 2.12. The normalized spacial score (nSPS) is 11.4. The molecule has 0 spiro atoms. The molecule has 0 aliphatic heterocycles. The lowest BCUT2D eigenvalue weighted by atomic mass is 9.99. The molecule has 0 aliphatic rings. The van der Waals surface area contributed by atoms with E-state index < -0.39 is 0 Å². The van der Waals surface area contributed by atoms with E-state index in [9.17, 15) is 0 Å². The first-order valence-electron chi connectivity index (χ1n) is 20.1. The molecule has 0 bridgehead atoms. The molecule has 0 unspecified atom stereocenters. The van der Waals surface area contributed by atoms with Gasteiger partial charge in [0, 0.05) is 0 Å². The van der Waals surface area contributed by atoms with Gasteiger partial charge in [-0.3, -0.25) is 0 Å². The molecule has 256 valence electrons. The Bertz CT molecular complexity index is 813. The van der Waals surface area contributed by atoms with Gasteiger partial charge in [0.1, 0.15) is 11.5 Å². The zero-order chi connectivity index (χ0) is 32.2. The van der Waals surface area contributed by atoms with Crippen LogP contribution in [0, 0.1) is 0 Å². The molecule has 0 fully saturated rings. The van der Waals surface area contributed by atoms with E-state index in [4.69, 9.17) is 4.74 Å². The molecule has 0 amide bonds. The second-order valence-corrected chi connectivity index (χ2v) is 14.1. The average Bonchev–Trinajstić information content (AvgIpc) is 3.04. The van der Waals surface area contributed by atoms with Crippen LogP contribution in [0.2, 0.25) is 0 Å². The lowest BCUT2D eigenvalue weighted by Gasteiger charge is -2.14. The summed E-state index contributed by atoms with van der Waals surface area (Å²) in [6, 6.07) is 14.4. The number of aryl methyl sites for hydroxylation is 4. The summed E-state index contributed by atoms with van der Waals surface area (Å²) in [6.45, 7) is 9.22.